The molecule has 8 heteroatoms. The summed E-state index contributed by atoms with van der Waals surface area (Å²) >= 11 is 1.91. The molecule has 0 unspecified atom stereocenters. The zero-order valence-electron chi connectivity index (χ0n) is 47.9. The van der Waals surface area contributed by atoms with Gasteiger partial charge in [0.25, 0.3) is 6.71 Å². The normalized spacial score (nSPS) is 13.1. The van der Waals surface area contributed by atoms with Gasteiger partial charge in [-0.1, -0.05) is 199 Å². The van der Waals surface area contributed by atoms with Crippen molar-refractivity contribution in [3.05, 3.63) is 322 Å². The van der Waals surface area contributed by atoms with Crippen molar-refractivity contribution < 1.29 is 0 Å². The monoisotopic (exact) mass is 1140 g/mol. The van der Waals surface area contributed by atoms with Gasteiger partial charge in [0, 0.05) is 94.5 Å². The van der Waals surface area contributed by atoms with Gasteiger partial charge in [0.1, 0.15) is 0 Å². The Bertz CT molecular complexity index is 4960. The molecule has 0 amide bonds. The van der Waals surface area contributed by atoms with Crippen molar-refractivity contribution >= 4 is 165 Å². The molecule has 0 N–H and O–H groups in total. The van der Waals surface area contributed by atoms with E-state index < -0.39 is 0 Å². The zero-order valence-corrected chi connectivity index (χ0v) is 48.7. The van der Waals surface area contributed by atoms with E-state index in [2.05, 4.69) is 346 Å². The first-order valence-electron chi connectivity index (χ1n) is 30.3. The van der Waals surface area contributed by atoms with Gasteiger partial charge >= 0.3 is 0 Å². The summed E-state index contributed by atoms with van der Waals surface area (Å²) in [5.74, 6) is 0. The van der Waals surface area contributed by atoms with Crippen LogP contribution in [0.4, 0.5) is 85.3 Å². The SMILES string of the molecule is c1ccc(N(c2ccccc2)c2ccc3c4c5c(cc3c2)Sc2ccccc2B5c2cc3c(cc2N4c2ccccc2)N(c2ccccc2)c2c4c(cc5cc(N(c6ccccc6)c6ccccc6)ccc25)N(c2ccccc2)c2ccccc2B34)cc1. The number of fused-ring (bicyclic) bond motifs is 12. The molecule has 5 nitrogen and oxygen atoms in total. The quantitative estimate of drug-likeness (QED) is 0.133. The fourth-order valence-corrected chi connectivity index (χ4v) is 15.9. The van der Waals surface area contributed by atoms with Crippen LogP contribution in [-0.2, 0) is 0 Å². The van der Waals surface area contributed by atoms with Crippen molar-refractivity contribution in [2.24, 2.45) is 0 Å². The highest BCUT2D eigenvalue weighted by Crippen LogP contribution is 2.52. The van der Waals surface area contributed by atoms with Gasteiger partial charge in [-0.2, -0.15) is 0 Å². The largest absolute Gasteiger partial charge is 0.311 e. The second kappa shape index (κ2) is 20.4. The number of para-hydroxylation sites is 8. The Labute approximate surface area is 517 Å². The molecule has 410 valence electrons. The van der Waals surface area contributed by atoms with Crippen LogP contribution in [-0.4, -0.2) is 13.4 Å². The molecular formula is C80H53B2N5S. The highest BCUT2D eigenvalue weighted by atomic mass is 32.2. The predicted molar refractivity (Wildman–Crippen MR) is 375 cm³/mol. The fourth-order valence-electron chi connectivity index (χ4n) is 14.7. The molecule has 14 aromatic rings. The number of rotatable bonds is 9. The van der Waals surface area contributed by atoms with Crippen LogP contribution < -0.4 is 57.3 Å². The lowest BCUT2D eigenvalue weighted by Crippen LogP contribution is -2.64. The third-order valence-electron chi connectivity index (χ3n) is 18.3. The van der Waals surface area contributed by atoms with Crippen LogP contribution in [0.1, 0.15) is 0 Å². The Morgan fingerprint density at radius 2 is 0.648 bits per heavy atom. The average Bonchev–Trinajstić information content (AvgIpc) is 0.694. The number of benzene rings is 14. The maximum atomic E-state index is 2.64. The van der Waals surface area contributed by atoms with Gasteiger partial charge in [-0.05, 0) is 178 Å². The lowest BCUT2D eigenvalue weighted by Gasteiger charge is -2.47. The topological polar surface area (TPSA) is 16.2 Å². The van der Waals surface area contributed by atoms with Crippen LogP contribution in [0.5, 0.6) is 0 Å². The van der Waals surface area contributed by atoms with Crippen LogP contribution in [0.15, 0.2) is 331 Å². The van der Waals surface area contributed by atoms with Crippen LogP contribution >= 0.6 is 11.8 Å². The summed E-state index contributed by atoms with van der Waals surface area (Å²) in [5.41, 5.74) is 24.9. The minimum absolute atomic E-state index is 0.0604. The van der Waals surface area contributed by atoms with Crippen LogP contribution in [0.2, 0.25) is 0 Å². The predicted octanol–water partition coefficient (Wildman–Crippen LogP) is 17.8. The van der Waals surface area contributed by atoms with E-state index in [9.17, 15) is 0 Å². The lowest BCUT2D eigenvalue weighted by molar-refractivity contribution is 1.25. The minimum Gasteiger partial charge on any atom is -0.311 e. The highest BCUT2D eigenvalue weighted by molar-refractivity contribution is 8.00. The Kier molecular flexibility index (Phi) is 11.7. The second-order valence-corrected chi connectivity index (χ2v) is 24.3. The Hall–Kier alpha value is -10.9. The molecule has 4 aliphatic heterocycles. The lowest BCUT2D eigenvalue weighted by atomic mass is 9.30. The molecule has 0 saturated carbocycles. The van der Waals surface area contributed by atoms with E-state index in [-0.39, 0.29) is 13.4 Å². The van der Waals surface area contributed by atoms with Crippen LogP contribution in [0.25, 0.3) is 21.5 Å². The summed E-state index contributed by atoms with van der Waals surface area (Å²) in [5, 5.41) is 4.73. The van der Waals surface area contributed by atoms with Gasteiger partial charge in [0.2, 0.25) is 6.71 Å². The minimum atomic E-state index is -0.123. The van der Waals surface area contributed by atoms with E-state index >= 15 is 0 Å². The number of hydrogen-bond donors (Lipinski definition) is 0. The first kappa shape index (κ1) is 50.4. The van der Waals surface area contributed by atoms with Gasteiger partial charge in [-0.3, -0.25) is 0 Å². The summed E-state index contributed by atoms with van der Waals surface area (Å²) in [7, 11) is 0. The molecule has 88 heavy (non-hydrogen) atoms. The standard InChI is InChI=1S/C80H53B2N5S/c1-8-26-56(27-9-1)83(57-28-10-2-11-29-57)63-44-46-65-54(48-63)50-74-77-79(65)86(61-36-18-6-19-37-61)72-53-73-70(52-69(72)81(77)67-40-22-24-42-71(67)85(74)60-34-16-5-17-35-60)82-68-41-23-25-43-75(68)88-76-51-55-49-64(84(58-30-12-3-13-31-58)59-32-14-4-15-33-59)45-47-66(55)80(78(76)82)87(73)62-38-20-7-21-39-62/h1-53H. The third-order valence-corrected chi connectivity index (χ3v) is 19.5. The van der Waals surface area contributed by atoms with Crippen LogP contribution in [0.3, 0.4) is 0 Å². The fraction of sp³-hybridized carbons (Fsp3) is 0. The summed E-state index contributed by atoms with van der Waals surface area (Å²) in [4.78, 5) is 15.1. The molecule has 4 aliphatic rings. The first-order valence-corrected chi connectivity index (χ1v) is 31.1. The van der Waals surface area contributed by atoms with Crippen molar-refractivity contribution in [3.8, 4) is 0 Å². The highest BCUT2D eigenvalue weighted by Gasteiger charge is 2.48. The molecule has 0 radical (unpaired) electrons. The van der Waals surface area contributed by atoms with Gasteiger partial charge in [-0.15, -0.1) is 0 Å². The van der Waals surface area contributed by atoms with E-state index in [1.54, 1.807) is 0 Å². The van der Waals surface area contributed by atoms with Crippen molar-refractivity contribution in [2.45, 2.75) is 9.79 Å². The van der Waals surface area contributed by atoms with E-state index in [4.69, 9.17) is 0 Å². The Morgan fingerprint density at radius 1 is 0.250 bits per heavy atom. The molecule has 18 rings (SSSR count). The Balaban J connectivity index is 0.932. The molecule has 4 heterocycles. The number of nitrogens with zero attached hydrogens (tertiary/aromatic N) is 5. The third kappa shape index (κ3) is 7.85. The molecule has 0 fully saturated rings. The molecule has 0 aliphatic carbocycles. The molecule has 14 aromatic carbocycles. The van der Waals surface area contributed by atoms with Gasteiger partial charge in [0.15, 0.2) is 0 Å². The van der Waals surface area contributed by atoms with Crippen molar-refractivity contribution in [1.29, 1.82) is 0 Å². The van der Waals surface area contributed by atoms with Crippen molar-refractivity contribution in [2.75, 3.05) is 24.5 Å². The second-order valence-electron chi connectivity index (χ2n) is 23.2. The van der Waals surface area contributed by atoms with Gasteiger partial charge in [-0.25, -0.2) is 0 Å². The van der Waals surface area contributed by atoms with Crippen LogP contribution in [0, 0.1) is 0 Å². The van der Waals surface area contributed by atoms with Gasteiger partial charge in [0.05, 0.1) is 11.4 Å². The molecular weight excluding hydrogens is 1080 g/mol. The summed E-state index contributed by atoms with van der Waals surface area (Å²) in [6, 6.07) is 119. The van der Waals surface area contributed by atoms with E-state index in [1.807, 2.05) is 11.8 Å². The maximum absolute atomic E-state index is 2.64. The van der Waals surface area contributed by atoms with Crippen molar-refractivity contribution in [3.63, 3.8) is 0 Å². The van der Waals surface area contributed by atoms with E-state index in [0.717, 1.165) is 62.3 Å². The molecule has 0 bridgehead atoms. The molecule has 0 saturated heterocycles. The summed E-state index contributed by atoms with van der Waals surface area (Å²) in [6.07, 6.45) is 0. The molecule has 0 atom stereocenters. The number of anilines is 15. The van der Waals surface area contributed by atoms with Crippen molar-refractivity contribution in [1.82, 2.24) is 0 Å². The maximum Gasteiger partial charge on any atom is 0.252 e. The molecule has 0 aromatic heterocycles. The smallest absolute Gasteiger partial charge is 0.252 e. The van der Waals surface area contributed by atoms with E-state index in [1.165, 1.54) is 87.2 Å². The molecule has 0 spiro atoms. The number of hydrogen-bond acceptors (Lipinski definition) is 6. The average molecular weight is 1140 g/mol. The summed E-state index contributed by atoms with van der Waals surface area (Å²) < 4.78 is 0. The van der Waals surface area contributed by atoms with E-state index in [0.29, 0.717) is 0 Å². The Morgan fingerprint density at radius 3 is 1.15 bits per heavy atom. The zero-order chi connectivity index (χ0) is 57.8. The first-order chi connectivity index (χ1) is 43.7. The summed E-state index contributed by atoms with van der Waals surface area (Å²) in [6.45, 7) is -0.183. The van der Waals surface area contributed by atoms with Gasteiger partial charge < -0.3 is 24.5 Å².